The molecule has 1 saturated heterocycles. The monoisotopic (exact) mass is 393 g/mol. The van der Waals surface area contributed by atoms with Gasteiger partial charge in [0.05, 0.1) is 6.20 Å². The molecule has 0 bridgehead atoms. The zero-order valence-electron chi connectivity index (χ0n) is 15.1. The van der Waals surface area contributed by atoms with Gasteiger partial charge in [-0.05, 0) is 37.1 Å². The molecule has 1 saturated carbocycles. The van der Waals surface area contributed by atoms with Gasteiger partial charge in [0.25, 0.3) is 5.91 Å². The molecule has 0 radical (unpaired) electrons. The largest absolute Gasteiger partial charge is 0.367 e. The molecule has 3 amide bonds. The third-order valence-corrected chi connectivity index (χ3v) is 4.55. The summed E-state index contributed by atoms with van der Waals surface area (Å²) < 4.78 is 15.2. The van der Waals surface area contributed by atoms with Crippen molar-refractivity contribution < 1.29 is 14.0 Å². The number of nitrogens with one attached hydrogen (secondary N) is 4. The van der Waals surface area contributed by atoms with E-state index in [1.54, 1.807) is 28.9 Å². The summed E-state index contributed by atoms with van der Waals surface area (Å²) in [5.74, 6) is 0.345. The van der Waals surface area contributed by atoms with Gasteiger partial charge in [0.1, 0.15) is 23.1 Å². The minimum Gasteiger partial charge on any atom is -0.367 e. The highest BCUT2D eigenvalue weighted by molar-refractivity contribution is 6.14. The molecular weight excluding hydrogens is 377 g/mol. The fourth-order valence-electron chi connectivity index (χ4n) is 3.04. The predicted octanol–water partition coefficient (Wildman–Crippen LogP) is 2.37. The molecule has 2 fully saturated rings. The number of aromatic nitrogens is 3. The van der Waals surface area contributed by atoms with Crippen LogP contribution in [0.2, 0.25) is 0 Å². The number of halogens is 1. The third-order valence-electron chi connectivity index (χ3n) is 4.55. The SMILES string of the molecule is O=C1NC(=O)/C(=C/c2cnn3c(NC4CC4)cc(Nc4cccc(F)c4)nc23)N1. The molecule has 0 spiro atoms. The summed E-state index contributed by atoms with van der Waals surface area (Å²) in [7, 11) is 0. The normalized spacial score (nSPS) is 17.5. The van der Waals surface area contributed by atoms with Crippen LogP contribution in [-0.2, 0) is 4.79 Å². The summed E-state index contributed by atoms with van der Waals surface area (Å²) >= 11 is 0. The number of fused-ring (bicyclic) bond motifs is 1. The maximum atomic E-state index is 13.5. The molecule has 10 heteroatoms. The Morgan fingerprint density at radius 1 is 1.21 bits per heavy atom. The van der Waals surface area contributed by atoms with Crippen molar-refractivity contribution in [3.05, 3.63) is 53.6 Å². The van der Waals surface area contributed by atoms with Crippen LogP contribution in [0.15, 0.2) is 42.2 Å². The minimum absolute atomic E-state index is 0.117. The van der Waals surface area contributed by atoms with Gasteiger partial charge >= 0.3 is 6.03 Å². The van der Waals surface area contributed by atoms with Crippen LogP contribution in [-0.4, -0.2) is 32.6 Å². The van der Waals surface area contributed by atoms with E-state index in [1.165, 1.54) is 18.2 Å². The fraction of sp³-hybridized carbons (Fsp3) is 0.158. The Morgan fingerprint density at radius 2 is 2.07 bits per heavy atom. The zero-order chi connectivity index (χ0) is 20.0. The van der Waals surface area contributed by atoms with Gasteiger partial charge in [-0.25, -0.2) is 14.2 Å². The van der Waals surface area contributed by atoms with E-state index in [9.17, 15) is 14.0 Å². The lowest BCUT2D eigenvalue weighted by Gasteiger charge is -2.11. The molecule has 3 aromatic rings. The highest BCUT2D eigenvalue weighted by Gasteiger charge is 2.25. The van der Waals surface area contributed by atoms with E-state index in [1.807, 2.05) is 0 Å². The molecule has 1 aromatic carbocycles. The summed E-state index contributed by atoms with van der Waals surface area (Å²) in [6, 6.07) is 7.67. The van der Waals surface area contributed by atoms with E-state index in [4.69, 9.17) is 0 Å². The Kier molecular flexibility index (Phi) is 3.90. The van der Waals surface area contributed by atoms with Gasteiger partial charge in [-0.1, -0.05) is 6.07 Å². The molecule has 1 aliphatic carbocycles. The van der Waals surface area contributed by atoms with Crippen molar-refractivity contribution in [1.82, 2.24) is 25.2 Å². The van der Waals surface area contributed by atoms with Crippen molar-refractivity contribution in [2.75, 3.05) is 10.6 Å². The summed E-state index contributed by atoms with van der Waals surface area (Å²) in [6.07, 6.45) is 5.22. The average Bonchev–Trinajstić information content (AvgIpc) is 3.31. The average molecular weight is 393 g/mol. The van der Waals surface area contributed by atoms with Crippen molar-refractivity contribution >= 4 is 41.0 Å². The quantitative estimate of drug-likeness (QED) is 0.391. The Balaban J connectivity index is 1.57. The van der Waals surface area contributed by atoms with E-state index in [0.717, 1.165) is 18.7 Å². The predicted molar refractivity (Wildman–Crippen MR) is 104 cm³/mol. The maximum absolute atomic E-state index is 13.5. The molecule has 0 atom stereocenters. The summed E-state index contributed by atoms with van der Waals surface area (Å²) in [5.41, 5.74) is 1.71. The van der Waals surface area contributed by atoms with Crippen LogP contribution >= 0.6 is 0 Å². The van der Waals surface area contributed by atoms with Crippen molar-refractivity contribution in [3.8, 4) is 0 Å². The number of hydrogen-bond acceptors (Lipinski definition) is 6. The molecule has 2 aliphatic rings. The number of carbonyl (C=O) groups excluding carboxylic acids is 2. The first-order valence-electron chi connectivity index (χ1n) is 9.07. The second-order valence-corrected chi connectivity index (χ2v) is 6.88. The topological polar surface area (TPSA) is 112 Å². The van der Waals surface area contributed by atoms with Crippen LogP contribution in [0.25, 0.3) is 11.7 Å². The van der Waals surface area contributed by atoms with E-state index in [0.29, 0.717) is 28.8 Å². The van der Waals surface area contributed by atoms with E-state index in [2.05, 4.69) is 31.3 Å². The number of hydrogen-bond donors (Lipinski definition) is 4. The second-order valence-electron chi connectivity index (χ2n) is 6.88. The van der Waals surface area contributed by atoms with Gasteiger partial charge in [0.2, 0.25) is 0 Å². The first-order valence-corrected chi connectivity index (χ1v) is 9.07. The Morgan fingerprint density at radius 3 is 2.79 bits per heavy atom. The standard InChI is InChI=1S/C19H16FN7O2/c20-11-2-1-3-13(7-11)22-15-8-16(23-12-4-5-12)27-17(25-15)10(9-21-27)6-14-18(28)26-19(29)24-14/h1-3,6-9,12,23H,4-5H2,(H,22,25)(H2,24,26,28,29)/b14-6-. The number of nitrogens with zero attached hydrogens (tertiary/aromatic N) is 3. The molecule has 4 N–H and O–H groups in total. The molecule has 146 valence electrons. The molecule has 29 heavy (non-hydrogen) atoms. The van der Waals surface area contributed by atoms with E-state index in [-0.39, 0.29) is 11.5 Å². The van der Waals surface area contributed by atoms with E-state index >= 15 is 0 Å². The van der Waals surface area contributed by atoms with Crippen LogP contribution in [0.4, 0.5) is 26.5 Å². The molecule has 0 unspecified atom stereocenters. The first-order chi connectivity index (χ1) is 14.0. The number of anilines is 3. The molecule has 2 aromatic heterocycles. The van der Waals surface area contributed by atoms with Crippen molar-refractivity contribution in [2.45, 2.75) is 18.9 Å². The Bertz CT molecular complexity index is 1180. The van der Waals surface area contributed by atoms with Gasteiger partial charge in [-0.2, -0.15) is 9.61 Å². The molecule has 9 nitrogen and oxygen atoms in total. The molecule has 3 heterocycles. The van der Waals surface area contributed by atoms with Crippen molar-refractivity contribution in [2.24, 2.45) is 0 Å². The van der Waals surface area contributed by atoms with Crippen molar-refractivity contribution in [1.29, 1.82) is 0 Å². The number of rotatable bonds is 5. The van der Waals surface area contributed by atoms with Gasteiger partial charge in [-0.3, -0.25) is 10.1 Å². The molecular formula is C19H16FN7O2. The van der Waals surface area contributed by atoms with Crippen LogP contribution in [0.3, 0.4) is 0 Å². The minimum atomic E-state index is -0.574. The summed E-state index contributed by atoms with van der Waals surface area (Å²) in [5, 5.41) is 15.5. The summed E-state index contributed by atoms with van der Waals surface area (Å²) in [4.78, 5) is 27.8. The van der Waals surface area contributed by atoms with Gasteiger partial charge in [0, 0.05) is 23.4 Å². The first kappa shape index (κ1) is 17.2. The lowest BCUT2D eigenvalue weighted by molar-refractivity contribution is -0.115. The third kappa shape index (κ3) is 3.47. The highest BCUT2D eigenvalue weighted by Crippen LogP contribution is 2.28. The maximum Gasteiger partial charge on any atom is 0.326 e. The Labute approximate surface area is 164 Å². The van der Waals surface area contributed by atoms with Crippen LogP contribution in [0.5, 0.6) is 0 Å². The molecule has 1 aliphatic heterocycles. The smallest absolute Gasteiger partial charge is 0.326 e. The number of amides is 3. The van der Waals surface area contributed by atoms with Gasteiger partial charge in [0.15, 0.2) is 5.65 Å². The zero-order valence-corrected chi connectivity index (χ0v) is 15.1. The van der Waals surface area contributed by atoms with Crippen molar-refractivity contribution in [3.63, 3.8) is 0 Å². The van der Waals surface area contributed by atoms with Crippen LogP contribution in [0.1, 0.15) is 18.4 Å². The van der Waals surface area contributed by atoms with E-state index < -0.39 is 11.9 Å². The van der Waals surface area contributed by atoms with Gasteiger partial charge in [-0.15, -0.1) is 0 Å². The highest BCUT2D eigenvalue weighted by atomic mass is 19.1. The Hall–Kier alpha value is -3.95. The summed E-state index contributed by atoms with van der Waals surface area (Å²) in [6.45, 7) is 0. The van der Waals surface area contributed by atoms with Crippen LogP contribution < -0.4 is 21.3 Å². The number of imide groups is 1. The fourth-order valence-corrected chi connectivity index (χ4v) is 3.04. The lowest BCUT2D eigenvalue weighted by atomic mass is 10.2. The number of carbonyl (C=O) groups is 2. The molecule has 5 rings (SSSR count). The number of benzene rings is 1. The van der Waals surface area contributed by atoms with Gasteiger partial charge < -0.3 is 16.0 Å². The lowest BCUT2D eigenvalue weighted by Crippen LogP contribution is -2.22. The second kappa shape index (κ2) is 6.59. The number of urea groups is 1. The van der Waals surface area contributed by atoms with Crippen LogP contribution in [0, 0.1) is 5.82 Å².